The lowest BCUT2D eigenvalue weighted by molar-refractivity contribution is -0.184. The van der Waals surface area contributed by atoms with E-state index in [9.17, 15) is 18.7 Å². The van der Waals surface area contributed by atoms with E-state index in [0.29, 0.717) is 17.3 Å². The van der Waals surface area contributed by atoms with E-state index in [2.05, 4.69) is 22.3 Å². The van der Waals surface area contributed by atoms with Gasteiger partial charge in [0.25, 0.3) is 5.92 Å². The molecule has 2 aliphatic rings. The van der Waals surface area contributed by atoms with Crippen LogP contribution < -0.4 is 11.1 Å². The fourth-order valence-corrected chi connectivity index (χ4v) is 5.08. The van der Waals surface area contributed by atoms with Crippen LogP contribution in [0.5, 0.6) is 0 Å². The Morgan fingerprint density at radius 3 is 2.78 bits per heavy atom. The van der Waals surface area contributed by atoms with Gasteiger partial charge in [0.05, 0.1) is 37.3 Å². The number of nitrogens with two attached hydrogens (primary N) is 1. The molecule has 0 amide bonds. The minimum atomic E-state index is -3.16. The van der Waals surface area contributed by atoms with E-state index < -0.39 is 36.5 Å². The Balaban J connectivity index is 1.59. The predicted molar refractivity (Wildman–Crippen MR) is 113 cm³/mol. The number of carbonyl (C=O) groups is 1. The van der Waals surface area contributed by atoms with E-state index in [-0.39, 0.29) is 12.5 Å². The molecule has 1 aliphatic heterocycles. The maximum atomic E-state index is 14.2. The smallest absolute Gasteiger partial charge is 0.316 e. The molecule has 2 fully saturated rings. The van der Waals surface area contributed by atoms with Crippen molar-refractivity contribution < 1.29 is 23.4 Å². The number of hydrogen-bond acceptors (Lipinski definition) is 7. The summed E-state index contributed by atoms with van der Waals surface area (Å²) in [5.41, 5.74) is 6.34. The molecule has 1 aliphatic carbocycles. The van der Waals surface area contributed by atoms with Gasteiger partial charge in [0.15, 0.2) is 5.65 Å². The molecule has 1 saturated carbocycles. The Morgan fingerprint density at radius 2 is 2.09 bits per heavy atom. The largest absolute Gasteiger partial charge is 0.468 e. The van der Waals surface area contributed by atoms with Crippen LogP contribution >= 0.6 is 0 Å². The summed E-state index contributed by atoms with van der Waals surface area (Å²) in [4.78, 5) is 17.1. The van der Waals surface area contributed by atoms with Crippen LogP contribution in [0.25, 0.3) is 5.65 Å². The van der Waals surface area contributed by atoms with Crippen molar-refractivity contribution in [3.63, 3.8) is 0 Å². The van der Waals surface area contributed by atoms with Crippen LogP contribution in [0.1, 0.15) is 56.5 Å². The Morgan fingerprint density at radius 1 is 1.38 bits per heavy atom. The van der Waals surface area contributed by atoms with Gasteiger partial charge in [0.2, 0.25) is 0 Å². The average molecular weight is 452 g/mol. The van der Waals surface area contributed by atoms with Gasteiger partial charge >= 0.3 is 5.97 Å². The second kappa shape index (κ2) is 8.64. The number of esters is 1. The Labute approximate surface area is 185 Å². The normalized spacial score (nSPS) is 31.4. The number of piperidine rings is 1. The van der Waals surface area contributed by atoms with Crippen molar-refractivity contribution in [3.8, 4) is 0 Å². The number of methoxy groups -OCH3 is 1. The minimum absolute atomic E-state index is 0.197. The topological polar surface area (TPSA) is 115 Å². The number of aliphatic hydroxyl groups is 1. The van der Waals surface area contributed by atoms with Crippen molar-refractivity contribution in [2.75, 3.05) is 13.7 Å². The molecule has 2 aromatic rings. The lowest BCUT2D eigenvalue weighted by Crippen LogP contribution is -2.61. The van der Waals surface area contributed by atoms with Crippen LogP contribution in [-0.2, 0) is 16.0 Å². The summed E-state index contributed by atoms with van der Waals surface area (Å²) < 4.78 is 34.7. The molecule has 3 atom stereocenters. The fourth-order valence-electron chi connectivity index (χ4n) is 5.08. The van der Waals surface area contributed by atoms with Crippen LogP contribution in [0.3, 0.4) is 0 Å². The number of imidazole rings is 1. The van der Waals surface area contributed by atoms with E-state index in [1.54, 1.807) is 22.8 Å². The summed E-state index contributed by atoms with van der Waals surface area (Å²) in [7, 11) is 1.12. The summed E-state index contributed by atoms with van der Waals surface area (Å²) in [6.45, 7) is 1.55. The SMILES string of the molecule is COC(=O)C1(Cc2ccc3nc([C@@H](N)C4CCC(C)CC4)cn3n2)CC(F)(F)CNC1O. The van der Waals surface area contributed by atoms with Crippen LogP contribution in [0.15, 0.2) is 18.3 Å². The predicted octanol–water partition coefficient (Wildman–Crippen LogP) is 2.20. The molecule has 4 N–H and O–H groups in total. The number of ether oxygens (including phenoxy) is 1. The molecular formula is C22H31F2N5O3. The molecule has 8 nitrogen and oxygen atoms in total. The summed E-state index contributed by atoms with van der Waals surface area (Å²) in [6, 6.07) is 3.15. The van der Waals surface area contributed by atoms with Gasteiger partial charge in [-0.2, -0.15) is 5.10 Å². The van der Waals surface area contributed by atoms with Gasteiger partial charge in [-0.3, -0.25) is 10.1 Å². The average Bonchev–Trinajstić information content (AvgIpc) is 3.19. The highest BCUT2D eigenvalue weighted by Crippen LogP contribution is 2.42. The van der Waals surface area contributed by atoms with Crippen molar-refractivity contribution in [2.24, 2.45) is 23.0 Å². The number of aliphatic hydroxyl groups excluding tert-OH is 1. The van der Waals surface area contributed by atoms with Gasteiger partial charge in [0, 0.05) is 12.8 Å². The maximum absolute atomic E-state index is 14.2. The standard InChI is InChI=1S/C22H31F2N5O3/c1-13-3-5-14(6-4-13)18(25)16-10-29-17(27-16)8-7-15(28-29)9-21(20(31)32-2)11-22(23,24)12-26-19(21)30/h7-8,10,13-14,18-19,26,30H,3-6,9,11-12,25H2,1-2H3/t13?,14?,18-,19?,21?/m0/s1. The summed E-state index contributed by atoms with van der Waals surface area (Å²) in [5.74, 6) is -2.98. The Hall–Kier alpha value is -2.17. The number of nitrogens with one attached hydrogen (secondary N) is 1. The third-order valence-corrected chi connectivity index (χ3v) is 7.04. The zero-order chi connectivity index (χ0) is 23.1. The fraction of sp³-hybridized carbons (Fsp3) is 0.682. The number of fused-ring (bicyclic) bond motifs is 1. The number of aromatic nitrogens is 3. The minimum Gasteiger partial charge on any atom is -0.468 e. The third kappa shape index (κ3) is 4.35. The quantitative estimate of drug-likeness (QED) is 0.597. The number of hydrogen-bond donors (Lipinski definition) is 3. The van der Waals surface area contributed by atoms with Gasteiger partial charge in [-0.15, -0.1) is 0 Å². The van der Waals surface area contributed by atoms with E-state index >= 15 is 0 Å². The zero-order valence-corrected chi connectivity index (χ0v) is 18.4. The molecule has 1 saturated heterocycles. The Kier molecular flexibility index (Phi) is 6.21. The van der Waals surface area contributed by atoms with Gasteiger partial charge in [-0.25, -0.2) is 18.3 Å². The molecule has 0 bridgehead atoms. The van der Waals surface area contributed by atoms with E-state index in [1.807, 2.05) is 0 Å². The number of nitrogens with zero attached hydrogens (tertiary/aromatic N) is 3. The highest BCUT2D eigenvalue weighted by molar-refractivity contribution is 5.78. The lowest BCUT2D eigenvalue weighted by Gasteiger charge is -2.42. The van der Waals surface area contributed by atoms with Crippen LogP contribution in [0.4, 0.5) is 8.78 Å². The molecule has 0 spiro atoms. The van der Waals surface area contributed by atoms with E-state index in [1.165, 1.54) is 0 Å². The van der Waals surface area contributed by atoms with Crippen molar-refractivity contribution in [1.82, 2.24) is 19.9 Å². The van der Waals surface area contributed by atoms with Gasteiger partial charge in [0.1, 0.15) is 11.6 Å². The van der Waals surface area contributed by atoms with Crippen molar-refractivity contribution in [3.05, 3.63) is 29.7 Å². The first-order valence-corrected chi connectivity index (χ1v) is 11.1. The van der Waals surface area contributed by atoms with Crippen LogP contribution in [0.2, 0.25) is 0 Å². The molecule has 0 radical (unpaired) electrons. The molecule has 0 aromatic carbocycles. The summed E-state index contributed by atoms with van der Waals surface area (Å²) in [6.07, 6.45) is 3.68. The number of carbonyl (C=O) groups excluding carboxylic acids is 1. The molecule has 10 heteroatoms. The lowest BCUT2D eigenvalue weighted by atomic mass is 9.73. The monoisotopic (exact) mass is 451 g/mol. The van der Waals surface area contributed by atoms with Gasteiger partial charge in [-0.05, 0) is 36.8 Å². The molecule has 2 aromatic heterocycles. The van der Waals surface area contributed by atoms with Gasteiger partial charge < -0.3 is 15.6 Å². The molecule has 3 heterocycles. The Bertz CT molecular complexity index is 976. The first-order chi connectivity index (χ1) is 15.1. The van der Waals surface area contributed by atoms with E-state index in [0.717, 1.165) is 44.4 Å². The number of alkyl halides is 2. The van der Waals surface area contributed by atoms with Crippen molar-refractivity contribution in [1.29, 1.82) is 0 Å². The molecule has 32 heavy (non-hydrogen) atoms. The summed E-state index contributed by atoms with van der Waals surface area (Å²) in [5, 5.41) is 17.3. The molecule has 176 valence electrons. The molecule has 4 rings (SSSR count). The first-order valence-electron chi connectivity index (χ1n) is 11.1. The first kappa shape index (κ1) is 23.0. The second-order valence-corrected chi connectivity index (χ2v) is 9.48. The van der Waals surface area contributed by atoms with Crippen molar-refractivity contribution in [2.45, 2.75) is 63.6 Å². The third-order valence-electron chi connectivity index (χ3n) is 7.04. The van der Waals surface area contributed by atoms with Crippen LogP contribution in [-0.4, -0.2) is 51.5 Å². The second-order valence-electron chi connectivity index (χ2n) is 9.48. The van der Waals surface area contributed by atoms with Crippen molar-refractivity contribution >= 4 is 11.6 Å². The van der Waals surface area contributed by atoms with Gasteiger partial charge in [-0.1, -0.05) is 19.8 Å². The van der Waals surface area contributed by atoms with Crippen LogP contribution in [0, 0.1) is 17.3 Å². The van der Waals surface area contributed by atoms with E-state index in [4.69, 9.17) is 10.5 Å². The highest BCUT2D eigenvalue weighted by atomic mass is 19.3. The highest BCUT2D eigenvalue weighted by Gasteiger charge is 2.56. The molecular weight excluding hydrogens is 420 g/mol. The number of halogens is 2. The maximum Gasteiger partial charge on any atom is 0.316 e. The summed E-state index contributed by atoms with van der Waals surface area (Å²) >= 11 is 0. The zero-order valence-electron chi connectivity index (χ0n) is 18.4. The number of rotatable bonds is 5. The molecule has 2 unspecified atom stereocenters.